The number of hydrogen-bond acceptors (Lipinski definition) is 4. The highest BCUT2D eigenvalue weighted by Gasteiger charge is 2.33. The molecule has 0 spiro atoms. The largest absolute Gasteiger partial charge is 0.444 e. The summed E-state index contributed by atoms with van der Waals surface area (Å²) in [5.74, 6) is -6.52. The second-order valence-electron chi connectivity index (χ2n) is 9.13. The Morgan fingerprint density at radius 1 is 1.06 bits per heavy atom. The molecule has 0 aliphatic carbocycles. The topological polar surface area (TPSA) is 99.2 Å². The van der Waals surface area contributed by atoms with Crippen LogP contribution in [0.2, 0.25) is 0 Å². The molecule has 2 aromatic carbocycles. The van der Waals surface area contributed by atoms with Crippen LogP contribution >= 0.6 is 0 Å². The predicted molar refractivity (Wildman–Crippen MR) is 125 cm³/mol. The lowest BCUT2D eigenvalue weighted by atomic mass is 10.0. The van der Waals surface area contributed by atoms with E-state index in [4.69, 9.17) is 4.74 Å². The molecule has 13 heteroatoms. The summed E-state index contributed by atoms with van der Waals surface area (Å²) in [5, 5.41) is 2.18. The fourth-order valence-electron chi connectivity index (χ4n) is 3.67. The molecular weight excluding hydrogens is 506 g/mol. The monoisotopic (exact) mass is 531 g/mol. The maximum atomic E-state index is 14.7. The normalized spacial score (nSPS) is 15.4. The lowest BCUT2D eigenvalue weighted by Gasteiger charge is -2.37. The molecule has 2 N–H and O–H groups in total. The Bertz CT molecular complexity index is 1160. The van der Waals surface area contributed by atoms with Gasteiger partial charge in [-0.3, -0.25) is 13.7 Å². The lowest BCUT2D eigenvalue weighted by molar-refractivity contribution is 0.0207. The van der Waals surface area contributed by atoms with Crippen LogP contribution < -0.4 is 9.62 Å². The van der Waals surface area contributed by atoms with Crippen LogP contribution in [0.25, 0.3) is 0 Å². The van der Waals surface area contributed by atoms with E-state index in [1.54, 1.807) is 20.8 Å². The minimum Gasteiger partial charge on any atom is -0.444 e. The lowest BCUT2D eigenvalue weighted by Crippen LogP contribution is -2.48. The van der Waals surface area contributed by atoms with Gasteiger partial charge in [-0.05, 0) is 51.8 Å². The van der Waals surface area contributed by atoms with Crippen molar-refractivity contribution < 1.29 is 40.6 Å². The fraction of sp³-hybridized carbons (Fsp3) is 0.391. The van der Waals surface area contributed by atoms with Gasteiger partial charge in [0, 0.05) is 42.5 Å². The molecule has 0 aromatic heterocycles. The highest BCUT2D eigenvalue weighted by Crippen LogP contribution is 2.29. The summed E-state index contributed by atoms with van der Waals surface area (Å²) in [6, 6.07) is 3.51. The van der Waals surface area contributed by atoms with Gasteiger partial charge in [0.05, 0.1) is 5.69 Å². The van der Waals surface area contributed by atoms with E-state index >= 15 is 0 Å². The minimum atomic E-state index is -2.68. The Balaban J connectivity index is 1.79. The molecule has 2 amide bonds. The average molecular weight is 532 g/mol. The van der Waals surface area contributed by atoms with Crippen LogP contribution in [0.5, 0.6) is 0 Å². The van der Waals surface area contributed by atoms with Gasteiger partial charge in [0.1, 0.15) is 11.4 Å². The van der Waals surface area contributed by atoms with Gasteiger partial charge in [0.15, 0.2) is 17.5 Å². The number of anilines is 2. The van der Waals surface area contributed by atoms with E-state index in [9.17, 15) is 35.9 Å². The summed E-state index contributed by atoms with van der Waals surface area (Å²) in [5.41, 5.74) is -1.60. The van der Waals surface area contributed by atoms with Crippen LogP contribution in [0.3, 0.4) is 0 Å². The van der Waals surface area contributed by atoms with Gasteiger partial charge in [-0.15, -0.1) is 0 Å². The van der Waals surface area contributed by atoms with E-state index in [0.717, 1.165) is 22.5 Å². The van der Waals surface area contributed by atoms with E-state index in [0.29, 0.717) is 12.1 Å². The molecule has 1 atom stereocenters. The van der Waals surface area contributed by atoms with Crippen molar-refractivity contribution in [3.8, 4) is 0 Å². The second-order valence-corrected chi connectivity index (χ2v) is 9.98. The van der Waals surface area contributed by atoms with Gasteiger partial charge in [-0.2, -0.15) is 0 Å². The molecule has 0 radical (unpaired) electrons. The van der Waals surface area contributed by atoms with Crippen molar-refractivity contribution in [2.24, 2.45) is 0 Å². The van der Waals surface area contributed by atoms with Crippen molar-refractivity contribution in [1.29, 1.82) is 0 Å². The first-order valence-corrected chi connectivity index (χ1v) is 12.0. The molecule has 196 valence electrons. The summed E-state index contributed by atoms with van der Waals surface area (Å²) < 4.78 is 83.1. The Kier molecular flexibility index (Phi) is 8.24. The molecule has 8 nitrogen and oxygen atoms in total. The average Bonchev–Trinajstić information content (AvgIpc) is 2.77. The molecule has 0 saturated carbocycles. The third-order valence-electron chi connectivity index (χ3n) is 5.30. The molecule has 1 heterocycles. The van der Waals surface area contributed by atoms with Gasteiger partial charge in [-0.25, -0.2) is 26.6 Å². The van der Waals surface area contributed by atoms with E-state index in [-0.39, 0.29) is 42.9 Å². The maximum Gasteiger partial charge on any atom is 0.410 e. The molecule has 1 aliphatic rings. The van der Waals surface area contributed by atoms with Crippen LogP contribution in [0.15, 0.2) is 30.3 Å². The minimum absolute atomic E-state index is 0.182. The Morgan fingerprint density at radius 2 is 1.64 bits per heavy atom. The summed E-state index contributed by atoms with van der Waals surface area (Å²) in [4.78, 5) is 26.3. The van der Waals surface area contributed by atoms with Crippen molar-refractivity contribution in [1.82, 2.24) is 4.90 Å². The number of nitrogens with zero attached hydrogens (tertiary/aromatic N) is 2. The van der Waals surface area contributed by atoms with Crippen molar-refractivity contribution in [3.05, 3.63) is 59.2 Å². The number of carbonyl (C=O) groups excluding carboxylic acids is 2. The maximum absolute atomic E-state index is 14.7. The molecular formula is C23H25F4N3O5S. The van der Waals surface area contributed by atoms with Crippen LogP contribution in [0, 0.1) is 23.3 Å². The quantitative estimate of drug-likeness (QED) is 0.327. The Hall–Kier alpha value is -3.19. The summed E-state index contributed by atoms with van der Waals surface area (Å²) in [6.45, 7) is 5.56. The molecule has 1 aliphatic heterocycles. The van der Waals surface area contributed by atoms with Crippen molar-refractivity contribution in [3.63, 3.8) is 0 Å². The van der Waals surface area contributed by atoms with Crippen LogP contribution in [0.4, 0.5) is 33.7 Å². The van der Waals surface area contributed by atoms with Gasteiger partial charge < -0.3 is 15.0 Å². The standard InChI is InChI=1S/C23H25F4N3O5S/c1-23(2,3)35-22(32)29-8-6-15(7-9-29)30(36(33)34)19-10-13(4-5-16(19)24)21(31)28-14-11-17(25)20(27)18(26)12-14/h4-5,10-12,15H,6-9H2,1-3H3,(H,28,31)(H,33,34). The molecule has 36 heavy (non-hydrogen) atoms. The van der Waals surface area contributed by atoms with Crippen LogP contribution in [-0.2, 0) is 16.0 Å². The third-order valence-corrected chi connectivity index (χ3v) is 6.13. The third kappa shape index (κ3) is 6.52. The fourth-order valence-corrected chi connectivity index (χ4v) is 4.45. The number of piperidine rings is 1. The van der Waals surface area contributed by atoms with Crippen molar-refractivity contribution in [2.75, 3.05) is 22.7 Å². The number of halogens is 4. The number of ether oxygens (including phenoxy) is 1. The molecule has 1 unspecified atom stereocenters. The SMILES string of the molecule is CC(C)(C)OC(=O)N1CCC(N(c2cc(C(=O)Nc3cc(F)c(F)c(F)c3)ccc2F)S(=O)O)CC1. The number of rotatable bonds is 5. The van der Waals surface area contributed by atoms with Gasteiger partial charge in [-0.1, -0.05) is 0 Å². The summed E-state index contributed by atoms with van der Waals surface area (Å²) in [6.07, 6.45) is -0.0958. The first-order chi connectivity index (χ1) is 16.8. The van der Waals surface area contributed by atoms with E-state index in [2.05, 4.69) is 5.32 Å². The Labute approximate surface area is 207 Å². The number of hydrogen-bond donors (Lipinski definition) is 2. The molecule has 0 bridgehead atoms. The van der Waals surface area contributed by atoms with E-state index in [1.807, 2.05) is 0 Å². The predicted octanol–water partition coefficient (Wildman–Crippen LogP) is 4.84. The first kappa shape index (κ1) is 27.4. The van der Waals surface area contributed by atoms with Crippen LogP contribution in [0.1, 0.15) is 44.0 Å². The highest BCUT2D eigenvalue weighted by atomic mass is 32.2. The number of carbonyl (C=O) groups is 2. The van der Waals surface area contributed by atoms with Crippen molar-refractivity contribution >= 4 is 34.6 Å². The first-order valence-electron chi connectivity index (χ1n) is 10.9. The van der Waals surface area contributed by atoms with Gasteiger partial charge in [0.2, 0.25) is 0 Å². The Morgan fingerprint density at radius 3 is 2.17 bits per heavy atom. The molecule has 3 rings (SSSR count). The number of likely N-dealkylation sites (tertiary alicyclic amines) is 1. The number of amides is 2. The zero-order valence-electron chi connectivity index (χ0n) is 19.7. The van der Waals surface area contributed by atoms with Gasteiger partial charge in [0.25, 0.3) is 17.2 Å². The molecule has 1 saturated heterocycles. The summed E-state index contributed by atoms with van der Waals surface area (Å²) >= 11 is -2.68. The van der Waals surface area contributed by atoms with E-state index < -0.39 is 58.2 Å². The number of nitrogens with one attached hydrogen (secondary N) is 1. The van der Waals surface area contributed by atoms with E-state index in [1.165, 1.54) is 4.90 Å². The van der Waals surface area contributed by atoms with Gasteiger partial charge >= 0.3 is 6.09 Å². The number of benzene rings is 2. The second kappa shape index (κ2) is 10.8. The van der Waals surface area contributed by atoms with Crippen LogP contribution in [-0.4, -0.2) is 50.4 Å². The molecule has 2 aromatic rings. The zero-order chi connectivity index (χ0) is 26.8. The molecule has 1 fully saturated rings. The summed E-state index contributed by atoms with van der Waals surface area (Å²) in [7, 11) is 0. The smallest absolute Gasteiger partial charge is 0.410 e. The zero-order valence-corrected chi connectivity index (χ0v) is 20.5. The van der Waals surface area contributed by atoms with Crippen molar-refractivity contribution in [2.45, 2.75) is 45.3 Å². The highest BCUT2D eigenvalue weighted by molar-refractivity contribution is 7.80.